The third-order valence-electron chi connectivity index (χ3n) is 4.18. The second kappa shape index (κ2) is 10.6. The predicted octanol–water partition coefficient (Wildman–Crippen LogP) is 2.86. The molecule has 0 fully saturated rings. The molecule has 0 spiro atoms. The smallest absolute Gasteiger partial charge is 0.233 e. The molecule has 2 N–H and O–H groups in total. The zero-order valence-electron chi connectivity index (χ0n) is 16.7. The first-order valence-electron chi connectivity index (χ1n) is 9.08. The maximum absolute atomic E-state index is 12.2. The van der Waals surface area contributed by atoms with Crippen LogP contribution in [0.3, 0.4) is 0 Å². The first-order chi connectivity index (χ1) is 13.8. The van der Waals surface area contributed by atoms with Gasteiger partial charge >= 0.3 is 0 Å². The largest absolute Gasteiger partial charge is 0.497 e. The average molecular weight is 419 g/mol. The monoisotopic (exact) mass is 418 g/mol. The second-order valence-electron chi connectivity index (χ2n) is 6.30. The summed E-state index contributed by atoms with van der Waals surface area (Å²) in [6, 6.07) is 14.1. The van der Waals surface area contributed by atoms with E-state index in [4.69, 9.17) is 9.47 Å². The molecule has 0 saturated carbocycles. The van der Waals surface area contributed by atoms with Gasteiger partial charge in [0.2, 0.25) is 15.9 Å². The van der Waals surface area contributed by atoms with Gasteiger partial charge in [-0.15, -0.1) is 0 Å². The number of hydrogen-bond donors (Lipinski definition) is 2. The van der Waals surface area contributed by atoms with E-state index in [-0.39, 0.29) is 24.9 Å². The summed E-state index contributed by atoms with van der Waals surface area (Å²) in [6.45, 7) is 1.83. The van der Waals surface area contributed by atoms with Crippen molar-refractivity contribution < 1.29 is 22.7 Å². The lowest BCUT2D eigenvalue weighted by Crippen LogP contribution is -2.31. The van der Waals surface area contributed by atoms with Crippen molar-refractivity contribution in [2.24, 2.45) is 0 Å². The van der Waals surface area contributed by atoms with Crippen molar-refractivity contribution in [1.82, 2.24) is 10.0 Å². The Labute approximate surface area is 171 Å². The second-order valence-corrected chi connectivity index (χ2v) is 7.95. The fourth-order valence-corrected chi connectivity index (χ4v) is 3.47. The Bertz CT molecular complexity index is 943. The van der Waals surface area contributed by atoms with Crippen LogP contribution in [-0.4, -0.2) is 35.1 Å². The Morgan fingerprint density at radius 3 is 2.48 bits per heavy atom. The fraction of sp³-hybridized carbons (Fsp3) is 0.286. The highest BCUT2D eigenvalue weighted by Crippen LogP contribution is 2.29. The first-order valence-corrected chi connectivity index (χ1v) is 10.6. The minimum atomic E-state index is -3.62. The normalized spacial score (nSPS) is 12.5. The van der Waals surface area contributed by atoms with E-state index in [1.807, 2.05) is 31.2 Å². The molecule has 0 aromatic heterocycles. The summed E-state index contributed by atoms with van der Waals surface area (Å²) in [6.07, 6.45) is 1.52. The lowest BCUT2D eigenvalue weighted by Gasteiger charge is -2.18. The van der Waals surface area contributed by atoms with Crippen LogP contribution in [-0.2, 0) is 14.8 Å². The molecule has 0 radical (unpaired) electrons. The number of ether oxygens (including phenoxy) is 2. The summed E-state index contributed by atoms with van der Waals surface area (Å²) in [4.78, 5) is 12.2. The summed E-state index contributed by atoms with van der Waals surface area (Å²) in [5, 5.41) is 3.93. The third kappa shape index (κ3) is 7.24. The van der Waals surface area contributed by atoms with E-state index >= 15 is 0 Å². The molecule has 1 amide bonds. The molecule has 29 heavy (non-hydrogen) atoms. The van der Waals surface area contributed by atoms with E-state index in [0.29, 0.717) is 11.5 Å². The minimum absolute atomic E-state index is 0.000234. The van der Waals surface area contributed by atoms with Gasteiger partial charge < -0.3 is 14.8 Å². The summed E-state index contributed by atoms with van der Waals surface area (Å²) < 4.78 is 36.9. The van der Waals surface area contributed by atoms with E-state index in [2.05, 4.69) is 10.0 Å². The van der Waals surface area contributed by atoms with Crippen molar-refractivity contribution in [2.75, 3.05) is 20.8 Å². The van der Waals surface area contributed by atoms with Crippen LogP contribution in [0.1, 0.15) is 30.5 Å². The van der Waals surface area contributed by atoms with Crippen LogP contribution in [0.25, 0.3) is 6.08 Å². The molecule has 8 heteroatoms. The molecule has 1 unspecified atom stereocenters. The number of sulfonamides is 1. The van der Waals surface area contributed by atoms with Gasteiger partial charge in [0, 0.05) is 30.0 Å². The fourth-order valence-electron chi connectivity index (χ4n) is 2.65. The van der Waals surface area contributed by atoms with Gasteiger partial charge in [0.25, 0.3) is 0 Å². The van der Waals surface area contributed by atoms with Gasteiger partial charge in [-0.2, -0.15) is 0 Å². The number of carbonyl (C=O) groups is 1. The van der Waals surface area contributed by atoms with Gasteiger partial charge in [-0.1, -0.05) is 30.3 Å². The molecule has 0 heterocycles. The predicted molar refractivity (Wildman–Crippen MR) is 113 cm³/mol. The number of nitrogens with one attached hydrogen (secondary N) is 2. The Morgan fingerprint density at radius 1 is 1.10 bits per heavy atom. The number of amides is 1. The van der Waals surface area contributed by atoms with Gasteiger partial charge in [0.1, 0.15) is 11.5 Å². The Hall–Kier alpha value is -2.84. The molecule has 0 aliphatic carbocycles. The van der Waals surface area contributed by atoms with Crippen LogP contribution in [0, 0.1) is 0 Å². The van der Waals surface area contributed by atoms with E-state index in [1.54, 1.807) is 38.5 Å². The van der Waals surface area contributed by atoms with Crippen LogP contribution < -0.4 is 19.5 Å². The lowest BCUT2D eigenvalue weighted by molar-refractivity contribution is -0.121. The van der Waals surface area contributed by atoms with Gasteiger partial charge in [-0.25, -0.2) is 13.1 Å². The molecule has 0 aliphatic rings. The van der Waals surface area contributed by atoms with Crippen LogP contribution in [0.5, 0.6) is 11.5 Å². The molecule has 2 rings (SSSR count). The zero-order valence-corrected chi connectivity index (χ0v) is 17.5. The van der Waals surface area contributed by atoms with Gasteiger partial charge in [-0.05, 0) is 30.7 Å². The zero-order chi connectivity index (χ0) is 21.3. The highest BCUT2D eigenvalue weighted by atomic mass is 32.2. The SMILES string of the molecule is COc1ccc(C(C)NC(=O)CCNS(=O)(=O)/C=C/c2ccccc2)c(OC)c1. The van der Waals surface area contributed by atoms with E-state index < -0.39 is 10.0 Å². The molecular weight excluding hydrogens is 392 g/mol. The Balaban J connectivity index is 1.85. The number of methoxy groups -OCH3 is 2. The van der Waals surface area contributed by atoms with E-state index in [0.717, 1.165) is 16.5 Å². The summed E-state index contributed by atoms with van der Waals surface area (Å²) in [5.74, 6) is 0.983. The third-order valence-corrected chi connectivity index (χ3v) is 5.28. The number of hydrogen-bond acceptors (Lipinski definition) is 5. The van der Waals surface area contributed by atoms with E-state index in [9.17, 15) is 13.2 Å². The van der Waals surface area contributed by atoms with Crippen molar-refractivity contribution in [1.29, 1.82) is 0 Å². The molecule has 156 valence electrons. The molecule has 2 aromatic rings. The molecule has 0 saturated heterocycles. The number of carbonyl (C=O) groups excluding carboxylic acids is 1. The molecule has 7 nitrogen and oxygen atoms in total. The van der Waals surface area contributed by atoms with Crippen molar-refractivity contribution >= 4 is 22.0 Å². The first kappa shape index (κ1) is 22.4. The Kier molecular flexibility index (Phi) is 8.23. The minimum Gasteiger partial charge on any atom is -0.497 e. The lowest BCUT2D eigenvalue weighted by atomic mass is 10.1. The number of rotatable bonds is 10. The highest BCUT2D eigenvalue weighted by molar-refractivity contribution is 7.92. The topological polar surface area (TPSA) is 93.7 Å². The molecule has 2 aromatic carbocycles. The quantitative estimate of drug-likeness (QED) is 0.619. The van der Waals surface area contributed by atoms with Crippen molar-refractivity contribution in [3.05, 3.63) is 65.1 Å². The molecule has 1 atom stereocenters. The van der Waals surface area contributed by atoms with Gasteiger partial charge in [-0.3, -0.25) is 4.79 Å². The average Bonchev–Trinajstić information content (AvgIpc) is 2.72. The molecular formula is C21H26N2O5S. The van der Waals surface area contributed by atoms with Crippen molar-refractivity contribution in [3.63, 3.8) is 0 Å². The maximum atomic E-state index is 12.2. The van der Waals surface area contributed by atoms with E-state index in [1.165, 1.54) is 6.08 Å². The summed E-state index contributed by atoms with van der Waals surface area (Å²) in [5.41, 5.74) is 1.57. The highest BCUT2D eigenvalue weighted by Gasteiger charge is 2.15. The number of benzene rings is 2. The van der Waals surface area contributed by atoms with Crippen LogP contribution >= 0.6 is 0 Å². The summed E-state index contributed by atoms with van der Waals surface area (Å²) in [7, 11) is -0.507. The molecule has 0 aliphatic heterocycles. The van der Waals surface area contributed by atoms with Gasteiger partial charge in [0.15, 0.2) is 0 Å². The Morgan fingerprint density at radius 2 is 1.83 bits per heavy atom. The summed E-state index contributed by atoms with van der Waals surface area (Å²) >= 11 is 0. The molecule has 0 bridgehead atoms. The standard InChI is InChI=1S/C21H26N2O5S/c1-16(19-10-9-18(27-2)15-20(19)28-3)23-21(24)11-13-22-29(25,26)14-12-17-7-5-4-6-8-17/h4-10,12,14-16,22H,11,13H2,1-3H3,(H,23,24)/b14-12+. The van der Waals surface area contributed by atoms with Crippen LogP contribution in [0.2, 0.25) is 0 Å². The van der Waals surface area contributed by atoms with Crippen LogP contribution in [0.4, 0.5) is 0 Å². The van der Waals surface area contributed by atoms with Crippen molar-refractivity contribution in [2.45, 2.75) is 19.4 Å². The van der Waals surface area contributed by atoms with Crippen molar-refractivity contribution in [3.8, 4) is 11.5 Å². The van der Waals surface area contributed by atoms with Gasteiger partial charge in [0.05, 0.1) is 20.3 Å². The van der Waals surface area contributed by atoms with Crippen LogP contribution in [0.15, 0.2) is 53.9 Å². The maximum Gasteiger partial charge on any atom is 0.233 e.